The first kappa shape index (κ1) is 15.8. The van der Waals surface area contributed by atoms with E-state index in [4.69, 9.17) is 4.74 Å². The van der Waals surface area contributed by atoms with Gasteiger partial charge in [-0.2, -0.15) is 5.10 Å². The van der Waals surface area contributed by atoms with E-state index in [2.05, 4.69) is 38.3 Å². The molecule has 0 unspecified atom stereocenters. The zero-order chi connectivity index (χ0) is 17.1. The third-order valence-electron chi connectivity index (χ3n) is 4.91. The molecule has 1 aliphatic heterocycles. The van der Waals surface area contributed by atoms with Crippen LogP contribution in [0.15, 0.2) is 55.0 Å². The standard InChI is InChI=1S/C20H22N4O/c1-25-18-8-6-15(7-9-18)19-5-3-11-24(19)14-17-13-22-23-20(17)16-4-2-10-21-12-16/h2,4,6-10,12-13,19H,3,5,11,14H2,1H3,(H,22,23)/t19-/m1/s1. The molecule has 128 valence electrons. The van der Waals surface area contributed by atoms with Gasteiger partial charge in [-0.3, -0.25) is 15.0 Å². The average molecular weight is 334 g/mol. The number of nitrogens with zero attached hydrogens (tertiary/aromatic N) is 3. The monoisotopic (exact) mass is 334 g/mol. The number of ether oxygens (including phenoxy) is 1. The lowest BCUT2D eigenvalue weighted by molar-refractivity contribution is 0.249. The van der Waals surface area contributed by atoms with Crippen LogP contribution in [0.5, 0.6) is 5.75 Å². The van der Waals surface area contributed by atoms with E-state index in [0.29, 0.717) is 6.04 Å². The van der Waals surface area contributed by atoms with Crippen LogP contribution in [-0.4, -0.2) is 33.7 Å². The lowest BCUT2D eigenvalue weighted by Gasteiger charge is -2.25. The van der Waals surface area contributed by atoms with Crippen molar-refractivity contribution in [3.63, 3.8) is 0 Å². The number of rotatable bonds is 5. The van der Waals surface area contributed by atoms with Crippen molar-refractivity contribution in [2.75, 3.05) is 13.7 Å². The van der Waals surface area contributed by atoms with Crippen LogP contribution in [0.4, 0.5) is 0 Å². The first-order valence-corrected chi connectivity index (χ1v) is 8.66. The highest BCUT2D eigenvalue weighted by Gasteiger charge is 2.27. The molecule has 25 heavy (non-hydrogen) atoms. The molecule has 0 aliphatic carbocycles. The number of nitrogens with one attached hydrogen (secondary N) is 1. The Morgan fingerprint density at radius 1 is 1.20 bits per heavy atom. The van der Waals surface area contributed by atoms with Gasteiger partial charge in [0.25, 0.3) is 0 Å². The number of pyridine rings is 1. The van der Waals surface area contributed by atoms with Gasteiger partial charge in [-0.25, -0.2) is 0 Å². The van der Waals surface area contributed by atoms with Crippen molar-refractivity contribution in [1.29, 1.82) is 0 Å². The van der Waals surface area contributed by atoms with E-state index in [-0.39, 0.29) is 0 Å². The molecule has 3 heterocycles. The Balaban J connectivity index is 1.55. The molecule has 4 rings (SSSR count). The highest BCUT2D eigenvalue weighted by Crippen LogP contribution is 2.35. The fourth-order valence-corrected chi connectivity index (χ4v) is 3.63. The second-order valence-corrected chi connectivity index (χ2v) is 6.41. The lowest BCUT2D eigenvalue weighted by atomic mass is 10.0. The van der Waals surface area contributed by atoms with E-state index in [9.17, 15) is 0 Å². The summed E-state index contributed by atoms with van der Waals surface area (Å²) in [5.41, 5.74) is 4.71. The summed E-state index contributed by atoms with van der Waals surface area (Å²) in [5, 5.41) is 7.40. The number of hydrogen-bond donors (Lipinski definition) is 1. The minimum absolute atomic E-state index is 0.447. The molecule has 0 saturated carbocycles. The first-order valence-electron chi connectivity index (χ1n) is 8.66. The van der Waals surface area contributed by atoms with Crippen molar-refractivity contribution in [1.82, 2.24) is 20.1 Å². The maximum absolute atomic E-state index is 5.28. The van der Waals surface area contributed by atoms with Crippen molar-refractivity contribution in [2.45, 2.75) is 25.4 Å². The lowest BCUT2D eigenvalue weighted by Crippen LogP contribution is -2.22. The Bertz CT molecular complexity index is 813. The normalized spacial score (nSPS) is 17.7. The van der Waals surface area contributed by atoms with E-state index >= 15 is 0 Å². The Morgan fingerprint density at radius 2 is 2.08 bits per heavy atom. The Hall–Kier alpha value is -2.66. The van der Waals surface area contributed by atoms with Gasteiger partial charge in [0.2, 0.25) is 0 Å². The second-order valence-electron chi connectivity index (χ2n) is 6.41. The molecular weight excluding hydrogens is 312 g/mol. The maximum atomic E-state index is 5.28. The minimum atomic E-state index is 0.447. The molecule has 1 atom stereocenters. The summed E-state index contributed by atoms with van der Waals surface area (Å²) in [6, 6.07) is 12.9. The van der Waals surface area contributed by atoms with Crippen LogP contribution in [0, 0.1) is 0 Å². The van der Waals surface area contributed by atoms with Crippen molar-refractivity contribution in [2.24, 2.45) is 0 Å². The van der Waals surface area contributed by atoms with Crippen LogP contribution < -0.4 is 4.74 Å². The summed E-state index contributed by atoms with van der Waals surface area (Å²) in [6.45, 7) is 1.99. The van der Waals surface area contributed by atoms with Gasteiger partial charge in [-0.1, -0.05) is 12.1 Å². The number of methoxy groups -OCH3 is 1. The Kier molecular flexibility index (Phi) is 4.48. The zero-order valence-electron chi connectivity index (χ0n) is 14.4. The van der Waals surface area contributed by atoms with Crippen molar-refractivity contribution >= 4 is 0 Å². The van der Waals surface area contributed by atoms with E-state index < -0.39 is 0 Å². The largest absolute Gasteiger partial charge is 0.497 e. The van der Waals surface area contributed by atoms with Gasteiger partial charge in [-0.15, -0.1) is 0 Å². The molecular formula is C20H22N4O. The van der Waals surface area contributed by atoms with E-state index in [1.165, 1.54) is 24.0 Å². The summed E-state index contributed by atoms with van der Waals surface area (Å²) in [7, 11) is 1.70. The van der Waals surface area contributed by atoms with E-state index in [0.717, 1.165) is 30.1 Å². The van der Waals surface area contributed by atoms with Crippen LogP contribution in [0.25, 0.3) is 11.3 Å². The molecule has 0 bridgehead atoms. The number of likely N-dealkylation sites (tertiary alicyclic amines) is 1. The molecule has 0 amide bonds. The van der Waals surface area contributed by atoms with Crippen molar-refractivity contribution < 1.29 is 4.74 Å². The molecule has 5 heteroatoms. The molecule has 5 nitrogen and oxygen atoms in total. The van der Waals surface area contributed by atoms with Gasteiger partial charge in [0.15, 0.2) is 0 Å². The van der Waals surface area contributed by atoms with Crippen LogP contribution in [-0.2, 0) is 6.54 Å². The highest BCUT2D eigenvalue weighted by molar-refractivity contribution is 5.61. The van der Waals surface area contributed by atoms with Crippen LogP contribution in [0.3, 0.4) is 0 Å². The van der Waals surface area contributed by atoms with Crippen LogP contribution in [0.1, 0.15) is 30.0 Å². The van der Waals surface area contributed by atoms with Crippen LogP contribution in [0.2, 0.25) is 0 Å². The predicted molar refractivity (Wildman–Crippen MR) is 97.2 cm³/mol. The van der Waals surface area contributed by atoms with Gasteiger partial charge in [0.1, 0.15) is 5.75 Å². The molecule has 0 radical (unpaired) electrons. The van der Waals surface area contributed by atoms with E-state index in [1.54, 1.807) is 13.3 Å². The number of aromatic amines is 1. The SMILES string of the molecule is COc1ccc([C@H]2CCCN2Cc2cn[nH]c2-c2cccnc2)cc1. The summed E-state index contributed by atoms with van der Waals surface area (Å²) >= 11 is 0. The molecule has 1 aromatic carbocycles. The third kappa shape index (κ3) is 3.28. The number of aromatic nitrogens is 3. The quantitative estimate of drug-likeness (QED) is 0.771. The van der Waals surface area contributed by atoms with Gasteiger partial charge in [-0.05, 0) is 49.2 Å². The third-order valence-corrected chi connectivity index (χ3v) is 4.91. The fourth-order valence-electron chi connectivity index (χ4n) is 3.63. The minimum Gasteiger partial charge on any atom is -0.497 e. The summed E-state index contributed by atoms with van der Waals surface area (Å²) < 4.78 is 5.28. The Morgan fingerprint density at radius 3 is 2.84 bits per heavy atom. The number of benzene rings is 1. The van der Waals surface area contributed by atoms with Gasteiger partial charge < -0.3 is 4.74 Å². The van der Waals surface area contributed by atoms with Crippen molar-refractivity contribution in [3.05, 3.63) is 66.1 Å². The molecule has 2 aromatic heterocycles. The van der Waals surface area contributed by atoms with E-state index in [1.807, 2.05) is 30.6 Å². The topological polar surface area (TPSA) is 54.0 Å². The fraction of sp³-hybridized carbons (Fsp3) is 0.300. The summed E-state index contributed by atoms with van der Waals surface area (Å²) in [6.07, 6.45) is 8.01. The molecule has 1 aliphatic rings. The number of hydrogen-bond acceptors (Lipinski definition) is 4. The molecule has 3 aromatic rings. The molecule has 1 fully saturated rings. The first-order chi connectivity index (χ1) is 12.3. The molecule has 1 N–H and O–H groups in total. The maximum Gasteiger partial charge on any atom is 0.118 e. The van der Waals surface area contributed by atoms with Crippen molar-refractivity contribution in [3.8, 4) is 17.0 Å². The summed E-state index contributed by atoms with van der Waals surface area (Å²) in [4.78, 5) is 6.75. The summed E-state index contributed by atoms with van der Waals surface area (Å²) in [5.74, 6) is 0.905. The predicted octanol–water partition coefficient (Wildman–Crippen LogP) is 3.82. The highest BCUT2D eigenvalue weighted by atomic mass is 16.5. The number of H-pyrrole nitrogens is 1. The van der Waals surface area contributed by atoms with Gasteiger partial charge >= 0.3 is 0 Å². The average Bonchev–Trinajstić information content (AvgIpc) is 3.32. The van der Waals surface area contributed by atoms with Gasteiger partial charge in [0, 0.05) is 36.1 Å². The smallest absolute Gasteiger partial charge is 0.118 e. The molecule has 0 spiro atoms. The van der Waals surface area contributed by atoms with Gasteiger partial charge in [0.05, 0.1) is 19.0 Å². The Labute approximate surface area is 147 Å². The zero-order valence-corrected chi connectivity index (χ0v) is 14.4. The molecule has 1 saturated heterocycles. The second kappa shape index (κ2) is 7.07. The van der Waals surface area contributed by atoms with Crippen LogP contribution >= 0.6 is 0 Å².